The van der Waals surface area contributed by atoms with E-state index in [0.29, 0.717) is 12.0 Å². The standard InChI is InChI=1S/C13H20FN/c1-2-3-7-10-13(14,11-15)12-8-5-4-6-9-12/h4-6,8-9H,2-3,7,10-11,15H2,1H3. The average Bonchev–Trinajstić information content (AvgIpc) is 2.30. The molecule has 1 aromatic rings. The predicted molar refractivity (Wildman–Crippen MR) is 62.4 cm³/mol. The molecule has 1 atom stereocenters. The minimum Gasteiger partial charge on any atom is -0.327 e. The zero-order valence-corrected chi connectivity index (χ0v) is 9.38. The monoisotopic (exact) mass is 209 g/mol. The molecule has 0 radical (unpaired) electrons. The maximum atomic E-state index is 14.5. The van der Waals surface area contributed by atoms with Crippen LogP contribution >= 0.6 is 0 Å². The largest absolute Gasteiger partial charge is 0.327 e. The zero-order valence-electron chi connectivity index (χ0n) is 9.38. The zero-order chi connectivity index (χ0) is 11.1. The molecule has 1 rings (SSSR count). The molecule has 84 valence electrons. The Hall–Kier alpha value is -0.890. The quantitative estimate of drug-likeness (QED) is 0.714. The van der Waals surface area contributed by atoms with Crippen LogP contribution in [0.3, 0.4) is 0 Å². The number of alkyl halides is 1. The molecular weight excluding hydrogens is 189 g/mol. The van der Waals surface area contributed by atoms with Crippen molar-refractivity contribution >= 4 is 0 Å². The summed E-state index contributed by atoms with van der Waals surface area (Å²) in [4.78, 5) is 0. The smallest absolute Gasteiger partial charge is 0.148 e. The lowest BCUT2D eigenvalue weighted by Crippen LogP contribution is -2.30. The van der Waals surface area contributed by atoms with Gasteiger partial charge in [-0.2, -0.15) is 0 Å². The summed E-state index contributed by atoms with van der Waals surface area (Å²) in [6, 6.07) is 9.25. The van der Waals surface area contributed by atoms with E-state index in [0.717, 1.165) is 19.3 Å². The highest BCUT2D eigenvalue weighted by molar-refractivity contribution is 5.22. The number of hydrogen-bond acceptors (Lipinski definition) is 1. The van der Waals surface area contributed by atoms with Crippen LogP contribution in [0.4, 0.5) is 4.39 Å². The summed E-state index contributed by atoms with van der Waals surface area (Å²) in [5.74, 6) is 0. The van der Waals surface area contributed by atoms with Crippen LogP contribution in [0.5, 0.6) is 0 Å². The molecule has 0 saturated heterocycles. The highest BCUT2D eigenvalue weighted by Crippen LogP contribution is 2.30. The second-order valence-corrected chi connectivity index (χ2v) is 3.99. The van der Waals surface area contributed by atoms with Gasteiger partial charge in [-0.3, -0.25) is 0 Å². The minimum absolute atomic E-state index is 0.0702. The van der Waals surface area contributed by atoms with Crippen molar-refractivity contribution in [2.75, 3.05) is 6.54 Å². The van der Waals surface area contributed by atoms with E-state index in [1.54, 1.807) is 0 Å². The van der Waals surface area contributed by atoms with Gasteiger partial charge >= 0.3 is 0 Å². The fraction of sp³-hybridized carbons (Fsp3) is 0.538. The summed E-state index contributed by atoms with van der Waals surface area (Å²) in [5, 5.41) is 0. The van der Waals surface area contributed by atoms with Gasteiger partial charge in [-0.05, 0) is 18.4 Å². The Morgan fingerprint density at radius 3 is 2.40 bits per heavy atom. The Kier molecular flexibility index (Phi) is 4.76. The molecule has 0 saturated carbocycles. The molecule has 0 amide bonds. The first-order valence-electron chi connectivity index (χ1n) is 5.67. The van der Waals surface area contributed by atoms with E-state index in [2.05, 4.69) is 6.92 Å². The van der Waals surface area contributed by atoms with E-state index in [9.17, 15) is 4.39 Å². The van der Waals surface area contributed by atoms with Gasteiger partial charge in [0.25, 0.3) is 0 Å². The van der Waals surface area contributed by atoms with E-state index < -0.39 is 5.67 Å². The molecule has 0 heterocycles. The summed E-state index contributed by atoms with van der Waals surface area (Å²) in [6.45, 7) is 2.19. The molecule has 0 aromatic heterocycles. The average molecular weight is 209 g/mol. The molecule has 1 aromatic carbocycles. The van der Waals surface area contributed by atoms with Gasteiger partial charge in [-0.25, -0.2) is 4.39 Å². The highest BCUT2D eigenvalue weighted by Gasteiger charge is 2.29. The first-order valence-corrected chi connectivity index (χ1v) is 5.67. The van der Waals surface area contributed by atoms with Crippen LogP contribution in [0.25, 0.3) is 0 Å². The van der Waals surface area contributed by atoms with Crippen LogP contribution in [0, 0.1) is 0 Å². The number of benzene rings is 1. The lowest BCUT2D eigenvalue weighted by atomic mass is 9.90. The fourth-order valence-electron chi connectivity index (χ4n) is 1.76. The molecule has 1 nitrogen and oxygen atoms in total. The lowest BCUT2D eigenvalue weighted by Gasteiger charge is -2.24. The number of rotatable bonds is 6. The molecule has 0 aliphatic carbocycles. The SMILES string of the molecule is CCCCCC(F)(CN)c1ccccc1. The van der Waals surface area contributed by atoms with Crippen LogP contribution in [-0.4, -0.2) is 6.54 Å². The molecule has 0 aliphatic rings. The Balaban J connectivity index is 2.67. The third kappa shape index (κ3) is 3.31. The number of nitrogens with two attached hydrogens (primary N) is 1. The Bertz CT molecular complexity index is 273. The van der Waals surface area contributed by atoms with Gasteiger partial charge in [-0.15, -0.1) is 0 Å². The molecular formula is C13H20FN. The highest BCUT2D eigenvalue weighted by atomic mass is 19.1. The molecule has 1 unspecified atom stereocenters. The molecule has 2 N–H and O–H groups in total. The third-order valence-corrected chi connectivity index (χ3v) is 2.79. The third-order valence-electron chi connectivity index (χ3n) is 2.79. The first-order chi connectivity index (χ1) is 7.23. The Labute approximate surface area is 91.5 Å². The van der Waals surface area contributed by atoms with Crippen molar-refractivity contribution in [1.29, 1.82) is 0 Å². The summed E-state index contributed by atoms with van der Waals surface area (Å²) < 4.78 is 14.5. The summed E-state index contributed by atoms with van der Waals surface area (Å²) in [6.07, 6.45) is 3.61. The van der Waals surface area contributed by atoms with E-state index in [-0.39, 0.29) is 6.54 Å². The van der Waals surface area contributed by atoms with Gasteiger partial charge in [-0.1, -0.05) is 50.1 Å². The predicted octanol–water partition coefficient (Wildman–Crippen LogP) is 3.39. The Morgan fingerprint density at radius 1 is 1.20 bits per heavy atom. The van der Waals surface area contributed by atoms with Crippen LogP contribution in [-0.2, 0) is 5.67 Å². The molecule has 15 heavy (non-hydrogen) atoms. The van der Waals surface area contributed by atoms with E-state index >= 15 is 0 Å². The summed E-state index contributed by atoms with van der Waals surface area (Å²) in [7, 11) is 0. The van der Waals surface area contributed by atoms with Gasteiger partial charge < -0.3 is 5.73 Å². The van der Waals surface area contributed by atoms with Crippen molar-refractivity contribution in [2.45, 2.75) is 38.3 Å². The first kappa shape index (κ1) is 12.2. The van der Waals surface area contributed by atoms with Crippen LogP contribution < -0.4 is 5.73 Å². The van der Waals surface area contributed by atoms with Gasteiger partial charge in [0, 0.05) is 6.54 Å². The van der Waals surface area contributed by atoms with Gasteiger partial charge in [0.05, 0.1) is 0 Å². The fourth-order valence-corrected chi connectivity index (χ4v) is 1.76. The normalized spacial score (nSPS) is 14.9. The van der Waals surface area contributed by atoms with Crippen LogP contribution in [0.2, 0.25) is 0 Å². The number of halogens is 1. The summed E-state index contributed by atoms with van der Waals surface area (Å²) >= 11 is 0. The molecule has 0 aliphatic heterocycles. The van der Waals surface area contributed by atoms with Crippen LogP contribution in [0.1, 0.15) is 38.2 Å². The van der Waals surface area contributed by atoms with E-state index in [4.69, 9.17) is 5.73 Å². The lowest BCUT2D eigenvalue weighted by molar-refractivity contribution is 0.156. The number of hydrogen-bond donors (Lipinski definition) is 1. The molecule has 0 fully saturated rings. The molecule has 0 spiro atoms. The summed E-state index contributed by atoms with van der Waals surface area (Å²) in [5.41, 5.74) is 4.92. The van der Waals surface area contributed by atoms with Crippen molar-refractivity contribution in [3.63, 3.8) is 0 Å². The van der Waals surface area contributed by atoms with Crippen molar-refractivity contribution in [2.24, 2.45) is 5.73 Å². The van der Waals surface area contributed by atoms with Crippen molar-refractivity contribution in [1.82, 2.24) is 0 Å². The van der Waals surface area contributed by atoms with Crippen molar-refractivity contribution in [3.8, 4) is 0 Å². The molecule has 2 heteroatoms. The van der Waals surface area contributed by atoms with Crippen LogP contribution in [0.15, 0.2) is 30.3 Å². The van der Waals surface area contributed by atoms with E-state index in [1.165, 1.54) is 0 Å². The van der Waals surface area contributed by atoms with Gasteiger partial charge in [0.15, 0.2) is 0 Å². The van der Waals surface area contributed by atoms with Crippen molar-refractivity contribution in [3.05, 3.63) is 35.9 Å². The van der Waals surface area contributed by atoms with E-state index in [1.807, 2.05) is 30.3 Å². The second-order valence-electron chi connectivity index (χ2n) is 3.99. The second kappa shape index (κ2) is 5.86. The Morgan fingerprint density at radius 2 is 1.87 bits per heavy atom. The number of unbranched alkanes of at least 4 members (excludes halogenated alkanes) is 2. The topological polar surface area (TPSA) is 26.0 Å². The maximum Gasteiger partial charge on any atom is 0.148 e. The molecule has 0 bridgehead atoms. The van der Waals surface area contributed by atoms with Gasteiger partial charge in [0.1, 0.15) is 5.67 Å². The minimum atomic E-state index is -1.34. The maximum absolute atomic E-state index is 14.5. The van der Waals surface area contributed by atoms with Gasteiger partial charge in [0.2, 0.25) is 0 Å². The van der Waals surface area contributed by atoms with Crippen molar-refractivity contribution < 1.29 is 4.39 Å².